The zero-order chi connectivity index (χ0) is 32.0. The third-order valence-electron chi connectivity index (χ3n) is 6.16. The second-order valence-corrected chi connectivity index (χ2v) is 14.7. The number of piperidine rings is 2. The molecule has 0 saturated carbocycles. The molecule has 11 heteroatoms. The van der Waals surface area contributed by atoms with Gasteiger partial charge in [0.25, 0.3) is 0 Å². The van der Waals surface area contributed by atoms with E-state index >= 15 is 0 Å². The number of halogens is 3. The smallest absolute Gasteiger partial charge is 0.407 e. The van der Waals surface area contributed by atoms with Gasteiger partial charge in [0.05, 0.1) is 0 Å². The van der Waals surface area contributed by atoms with Crippen molar-refractivity contribution >= 4 is 63.7 Å². The summed E-state index contributed by atoms with van der Waals surface area (Å²) in [5, 5.41) is 10.6. The number of nitrogens with zero attached hydrogens (tertiary/aromatic N) is 1. The van der Waals surface area contributed by atoms with Crippen LogP contribution in [-0.4, -0.2) is 61.7 Å². The van der Waals surface area contributed by atoms with Crippen molar-refractivity contribution < 1.29 is 19.1 Å². The van der Waals surface area contributed by atoms with Crippen LogP contribution in [0.5, 0.6) is 0 Å². The number of alkyl carbamates (subject to hydrolysis) is 2. The maximum atomic E-state index is 11.8. The highest BCUT2D eigenvalue weighted by Gasteiger charge is 2.24. The van der Waals surface area contributed by atoms with Crippen molar-refractivity contribution in [1.29, 1.82) is 0 Å². The first-order chi connectivity index (χ1) is 20.1. The fourth-order valence-electron chi connectivity index (χ4n) is 4.33. The highest BCUT2D eigenvalue weighted by molar-refractivity contribution is 14.1. The topological polar surface area (TPSA) is 91.9 Å². The SMILES string of the molecule is C.CC(C)(C)OC(=O)NC1CCCN(c2ccc(Cl)cc2)C1.CC(C)(C)OC(=O)NC1CCCNC1.Clc1ccc(I)cc1. The molecule has 2 saturated heterocycles. The zero-order valence-electron chi connectivity index (χ0n) is 26.1. The summed E-state index contributed by atoms with van der Waals surface area (Å²) >= 11 is 13.8. The van der Waals surface area contributed by atoms with Crippen LogP contribution in [0.2, 0.25) is 10.0 Å². The Morgan fingerprint density at radius 1 is 0.818 bits per heavy atom. The molecule has 2 atom stereocenters. The zero-order valence-corrected chi connectivity index (χ0v) is 29.8. The van der Waals surface area contributed by atoms with E-state index < -0.39 is 11.2 Å². The molecule has 2 aromatic rings. The predicted molar refractivity (Wildman–Crippen MR) is 192 cm³/mol. The van der Waals surface area contributed by atoms with Crippen LogP contribution in [0, 0.1) is 3.57 Å². The van der Waals surface area contributed by atoms with Gasteiger partial charge in [-0.15, -0.1) is 0 Å². The minimum atomic E-state index is -0.464. The Bertz CT molecular complexity index is 1100. The highest BCUT2D eigenvalue weighted by atomic mass is 127. The normalized spacial score (nSPS) is 18.2. The first-order valence-corrected chi connectivity index (χ1v) is 16.5. The monoisotopic (exact) mass is 764 g/mol. The van der Waals surface area contributed by atoms with Crippen molar-refractivity contribution in [3.8, 4) is 0 Å². The molecule has 248 valence electrons. The van der Waals surface area contributed by atoms with E-state index in [1.54, 1.807) is 0 Å². The van der Waals surface area contributed by atoms with Gasteiger partial charge in [0.1, 0.15) is 11.2 Å². The van der Waals surface area contributed by atoms with Crippen LogP contribution in [0.1, 0.15) is 74.7 Å². The lowest BCUT2D eigenvalue weighted by Crippen LogP contribution is -2.49. The van der Waals surface area contributed by atoms with Crippen molar-refractivity contribution in [2.24, 2.45) is 0 Å². The van der Waals surface area contributed by atoms with Crippen LogP contribution in [0.25, 0.3) is 0 Å². The molecule has 2 heterocycles. The summed E-state index contributed by atoms with van der Waals surface area (Å²) in [5.74, 6) is 0. The summed E-state index contributed by atoms with van der Waals surface area (Å²) in [5.41, 5.74) is 0.260. The third kappa shape index (κ3) is 18.1. The Hall–Kier alpha value is -1.95. The third-order valence-corrected chi connectivity index (χ3v) is 7.38. The summed E-state index contributed by atoms with van der Waals surface area (Å²) in [6, 6.07) is 15.8. The van der Waals surface area contributed by atoms with Gasteiger partial charge in [0.2, 0.25) is 0 Å². The van der Waals surface area contributed by atoms with Gasteiger partial charge in [-0.25, -0.2) is 9.59 Å². The molecule has 0 radical (unpaired) electrons. The Morgan fingerprint density at radius 3 is 1.75 bits per heavy atom. The van der Waals surface area contributed by atoms with E-state index in [2.05, 4.69) is 43.4 Å². The summed E-state index contributed by atoms with van der Waals surface area (Å²) in [6.45, 7) is 14.9. The van der Waals surface area contributed by atoms with Gasteiger partial charge >= 0.3 is 12.2 Å². The molecule has 44 heavy (non-hydrogen) atoms. The summed E-state index contributed by atoms with van der Waals surface area (Å²) in [7, 11) is 0. The number of anilines is 1. The van der Waals surface area contributed by atoms with Crippen molar-refractivity contribution in [2.75, 3.05) is 31.1 Å². The van der Waals surface area contributed by atoms with E-state index in [9.17, 15) is 9.59 Å². The molecule has 3 N–H and O–H groups in total. The van der Waals surface area contributed by atoms with E-state index in [1.165, 1.54) is 3.57 Å². The maximum Gasteiger partial charge on any atom is 0.407 e. The van der Waals surface area contributed by atoms with Gasteiger partial charge in [-0.1, -0.05) is 30.6 Å². The highest BCUT2D eigenvalue weighted by Crippen LogP contribution is 2.22. The number of hydrogen-bond donors (Lipinski definition) is 3. The molecule has 2 unspecified atom stereocenters. The molecule has 0 aromatic heterocycles. The number of amides is 2. The molecular formula is C33H51Cl2IN4O4. The van der Waals surface area contributed by atoms with Gasteiger partial charge in [-0.2, -0.15) is 0 Å². The van der Waals surface area contributed by atoms with Crippen molar-refractivity contribution in [2.45, 2.75) is 97.9 Å². The minimum absolute atomic E-state index is 0. The molecule has 2 amide bonds. The van der Waals surface area contributed by atoms with E-state index in [4.69, 9.17) is 32.7 Å². The molecule has 0 bridgehead atoms. The van der Waals surface area contributed by atoms with Gasteiger partial charge in [0, 0.05) is 51.0 Å². The standard InChI is InChI=1S/C16H23ClN2O2.C10H20N2O2.C6H4ClI.CH4/c1-16(2,3)21-15(20)18-13-5-4-10-19(11-13)14-8-6-12(17)7-9-14;1-10(2,3)14-9(13)12-8-5-4-6-11-7-8;7-5-1-3-6(8)4-2-5;/h6-9,13H,4-5,10-11H2,1-3H3,(H,18,20);8,11H,4-7H2,1-3H3,(H,12,13);1-4H;1H4. The van der Waals surface area contributed by atoms with Gasteiger partial charge in [-0.05, 0) is 145 Å². The Labute approximate surface area is 288 Å². The van der Waals surface area contributed by atoms with Crippen molar-refractivity contribution in [3.05, 3.63) is 62.1 Å². The fourth-order valence-corrected chi connectivity index (χ4v) is 4.95. The number of carbonyl (C=O) groups is 2. The molecule has 2 aliphatic heterocycles. The fraction of sp³-hybridized carbons (Fsp3) is 0.576. The average molecular weight is 766 g/mol. The van der Waals surface area contributed by atoms with Crippen LogP contribution in [0.15, 0.2) is 48.5 Å². The molecule has 2 aromatic carbocycles. The molecule has 8 nitrogen and oxygen atoms in total. The Balaban J connectivity index is 0.000000362. The first-order valence-electron chi connectivity index (χ1n) is 14.7. The molecule has 2 fully saturated rings. The van der Waals surface area contributed by atoms with E-state index in [1.807, 2.05) is 90.1 Å². The molecule has 4 rings (SSSR count). The lowest BCUT2D eigenvalue weighted by Gasteiger charge is -2.35. The Kier molecular flexibility index (Phi) is 17.8. The number of benzene rings is 2. The average Bonchev–Trinajstić information content (AvgIpc) is 2.90. The van der Waals surface area contributed by atoms with Crippen LogP contribution < -0.4 is 20.9 Å². The summed E-state index contributed by atoms with van der Waals surface area (Å²) < 4.78 is 11.7. The largest absolute Gasteiger partial charge is 0.444 e. The predicted octanol–water partition coefficient (Wildman–Crippen LogP) is 8.68. The summed E-state index contributed by atoms with van der Waals surface area (Å²) in [6.07, 6.45) is 3.51. The number of nitrogens with one attached hydrogen (secondary N) is 3. The van der Waals surface area contributed by atoms with E-state index in [-0.39, 0.29) is 31.7 Å². The van der Waals surface area contributed by atoms with Crippen LogP contribution in [0.3, 0.4) is 0 Å². The van der Waals surface area contributed by atoms with E-state index in [0.29, 0.717) is 0 Å². The van der Waals surface area contributed by atoms with Gasteiger partial charge in [0.15, 0.2) is 0 Å². The van der Waals surface area contributed by atoms with Crippen LogP contribution >= 0.6 is 45.8 Å². The molecule has 0 spiro atoms. The van der Waals surface area contributed by atoms with Crippen LogP contribution in [-0.2, 0) is 9.47 Å². The minimum Gasteiger partial charge on any atom is -0.444 e. The molecule has 2 aliphatic rings. The van der Waals surface area contributed by atoms with Crippen molar-refractivity contribution in [1.82, 2.24) is 16.0 Å². The lowest BCUT2D eigenvalue weighted by molar-refractivity contribution is 0.0486. The lowest BCUT2D eigenvalue weighted by atomic mass is 10.1. The van der Waals surface area contributed by atoms with E-state index in [0.717, 1.165) is 67.6 Å². The summed E-state index contributed by atoms with van der Waals surface area (Å²) in [4.78, 5) is 25.5. The maximum absolute atomic E-state index is 11.8. The van der Waals surface area contributed by atoms with Gasteiger partial charge in [-0.3, -0.25) is 0 Å². The molecular weight excluding hydrogens is 714 g/mol. The number of ether oxygens (including phenoxy) is 2. The number of hydrogen-bond acceptors (Lipinski definition) is 6. The second-order valence-electron chi connectivity index (χ2n) is 12.5. The number of carbonyl (C=O) groups excluding carboxylic acids is 2. The Morgan fingerprint density at radius 2 is 1.30 bits per heavy atom. The first kappa shape index (κ1) is 40.1. The van der Waals surface area contributed by atoms with Crippen LogP contribution in [0.4, 0.5) is 15.3 Å². The van der Waals surface area contributed by atoms with Crippen molar-refractivity contribution in [3.63, 3.8) is 0 Å². The van der Waals surface area contributed by atoms with Gasteiger partial charge < -0.3 is 30.3 Å². The molecule has 0 aliphatic carbocycles. The quantitative estimate of drug-likeness (QED) is 0.271. The number of rotatable bonds is 3. The second kappa shape index (κ2) is 19.5.